The van der Waals surface area contributed by atoms with Gasteiger partial charge in [-0.3, -0.25) is 9.59 Å². The van der Waals surface area contributed by atoms with E-state index < -0.39 is 29.6 Å². The highest BCUT2D eigenvalue weighted by Gasteiger charge is 2.21. The number of benzene rings is 1. The van der Waals surface area contributed by atoms with Crippen LogP contribution >= 0.6 is 0 Å². The first-order chi connectivity index (χ1) is 8.90. The maximum atomic E-state index is 12.9. The predicted octanol–water partition coefficient (Wildman–Crippen LogP) is 0.274. The fourth-order valence-electron chi connectivity index (χ4n) is 1.42. The van der Waals surface area contributed by atoms with Gasteiger partial charge in [-0.05, 0) is 24.6 Å². The number of aliphatic carboxylic acids is 1. The number of halogens is 1. The lowest BCUT2D eigenvalue weighted by atomic mass is 10.1. The smallest absolute Gasteiger partial charge is 0.326 e. The van der Waals surface area contributed by atoms with E-state index in [0.29, 0.717) is 0 Å². The summed E-state index contributed by atoms with van der Waals surface area (Å²) >= 11 is 0. The van der Waals surface area contributed by atoms with Gasteiger partial charge in [-0.2, -0.15) is 0 Å². The van der Waals surface area contributed by atoms with E-state index in [-0.39, 0.29) is 18.4 Å². The Morgan fingerprint density at radius 1 is 1.37 bits per heavy atom. The lowest BCUT2D eigenvalue weighted by Gasteiger charge is -2.13. The number of carbonyl (C=O) groups is 3. The Morgan fingerprint density at radius 3 is 2.58 bits per heavy atom. The molecular weight excluding hydrogens is 255 g/mol. The van der Waals surface area contributed by atoms with Crippen molar-refractivity contribution < 1.29 is 23.9 Å². The van der Waals surface area contributed by atoms with Crippen molar-refractivity contribution in [3.8, 4) is 0 Å². The van der Waals surface area contributed by atoms with Gasteiger partial charge in [0.25, 0.3) is 5.91 Å². The third-order valence-electron chi connectivity index (χ3n) is 2.37. The molecule has 0 aromatic heterocycles. The van der Waals surface area contributed by atoms with E-state index in [0.717, 1.165) is 6.07 Å². The monoisotopic (exact) mass is 268 g/mol. The lowest BCUT2D eigenvalue weighted by Crippen LogP contribution is -2.41. The number of primary amides is 1. The minimum Gasteiger partial charge on any atom is -0.480 e. The summed E-state index contributed by atoms with van der Waals surface area (Å²) in [7, 11) is 0. The maximum absolute atomic E-state index is 12.9. The van der Waals surface area contributed by atoms with Crippen LogP contribution in [0.3, 0.4) is 0 Å². The minimum absolute atomic E-state index is 0.00493. The quantitative estimate of drug-likeness (QED) is 0.688. The van der Waals surface area contributed by atoms with Crippen molar-refractivity contribution in [2.75, 3.05) is 0 Å². The van der Waals surface area contributed by atoms with Gasteiger partial charge in [-0.15, -0.1) is 0 Å². The van der Waals surface area contributed by atoms with Crippen LogP contribution in [0.15, 0.2) is 24.3 Å². The average Bonchev–Trinajstić information content (AvgIpc) is 2.33. The molecule has 0 fully saturated rings. The summed E-state index contributed by atoms with van der Waals surface area (Å²) in [5, 5.41) is 11.1. The predicted molar refractivity (Wildman–Crippen MR) is 63.7 cm³/mol. The SMILES string of the molecule is NC(=O)CC[C@H](NC(=O)c1cccc(F)c1)C(=O)O. The zero-order chi connectivity index (χ0) is 14.4. The van der Waals surface area contributed by atoms with Crippen LogP contribution in [-0.4, -0.2) is 28.9 Å². The largest absolute Gasteiger partial charge is 0.480 e. The molecule has 0 unspecified atom stereocenters. The van der Waals surface area contributed by atoms with Gasteiger partial charge in [0, 0.05) is 12.0 Å². The van der Waals surface area contributed by atoms with Crippen LogP contribution in [-0.2, 0) is 9.59 Å². The summed E-state index contributed by atoms with van der Waals surface area (Å²) in [6, 6.07) is 3.60. The Hall–Kier alpha value is -2.44. The van der Waals surface area contributed by atoms with Crippen LogP contribution in [0.5, 0.6) is 0 Å². The highest BCUT2D eigenvalue weighted by atomic mass is 19.1. The highest BCUT2D eigenvalue weighted by Crippen LogP contribution is 2.05. The molecule has 0 heterocycles. The van der Waals surface area contributed by atoms with Crippen LogP contribution in [0.25, 0.3) is 0 Å². The van der Waals surface area contributed by atoms with Crippen LogP contribution in [0.2, 0.25) is 0 Å². The molecule has 0 radical (unpaired) electrons. The Morgan fingerprint density at radius 2 is 2.05 bits per heavy atom. The Balaban J connectivity index is 2.71. The molecule has 102 valence electrons. The van der Waals surface area contributed by atoms with Gasteiger partial charge in [0.1, 0.15) is 11.9 Å². The second-order valence-corrected chi connectivity index (χ2v) is 3.88. The number of nitrogens with one attached hydrogen (secondary N) is 1. The number of carboxylic acid groups (broad SMARTS) is 1. The van der Waals surface area contributed by atoms with Crippen molar-refractivity contribution in [2.45, 2.75) is 18.9 Å². The molecule has 19 heavy (non-hydrogen) atoms. The molecule has 1 atom stereocenters. The van der Waals surface area contributed by atoms with Crippen molar-refractivity contribution in [2.24, 2.45) is 5.73 Å². The number of amides is 2. The third kappa shape index (κ3) is 4.74. The van der Waals surface area contributed by atoms with Gasteiger partial charge in [0.05, 0.1) is 0 Å². The topological polar surface area (TPSA) is 109 Å². The minimum atomic E-state index is -1.29. The first-order valence-corrected chi connectivity index (χ1v) is 5.47. The summed E-state index contributed by atoms with van der Waals surface area (Å²) < 4.78 is 12.9. The highest BCUT2D eigenvalue weighted by molar-refractivity contribution is 5.96. The average molecular weight is 268 g/mol. The number of rotatable bonds is 6. The van der Waals surface area contributed by atoms with Gasteiger partial charge in [0.2, 0.25) is 5.91 Å². The van der Waals surface area contributed by atoms with Gasteiger partial charge in [-0.25, -0.2) is 9.18 Å². The van der Waals surface area contributed by atoms with Crippen LogP contribution < -0.4 is 11.1 Å². The molecule has 0 bridgehead atoms. The molecule has 6 nitrogen and oxygen atoms in total. The molecule has 1 aromatic rings. The van der Waals surface area contributed by atoms with Crippen LogP contribution in [0.4, 0.5) is 4.39 Å². The molecule has 2 amide bonds. The standard InChI is InChI=1S/C12H13FN2O4/c13-8-3-1-2-7(6-8)11(17)15-9(12(18)19)4-5-10(14)16/h1-3,6,9H,4-5H2,(H2,14,16)(H,15,17)(H,18,19)/t9-/m0/s1. The van der Waals surface area contributed by atoms with E-state index in [4.69, 9.17) is 10.8 Å². The first kappa shape index (κ1) is 14.6. The number of hydrogen-bond donors (Lipinski definition) is 3. The fraction of sp³-hybridized carbons (Fsp3) is 0.250. The first-order valence-electron chi connectivity index (χ1n) is 5.47. The van der Waals surface area contributed by atoms with Crippen LogP contribution in [0.1, 0.15) is 23.2 Å². The normalized spacial score (nSPS) is 11.6. The second-order valence-electron chi connectivity index (χ2n) is 3.88. The van der Waals surface area contributed by atoms with Crippen molar-refractivity contribution in [1.82, 2.24) is 5.32 Å². The summed E-state index contributed by atoms with van der Waals surface area (Å²) in [5.74, 6) is -3.27. The summed E-state index contributed by atoms with van der Waals surface area (Å²) in [6.45, 7) is 0. The molecular formula is C12H13FN2O4. The lowest BCUT2D eigenvalue weighted by molar-refractivity contribution is -0.139. The Kier molecular flexibility index (Phi) is 4.99. The molecule has 0 aliphatic rings. The molecule has 0 saturated heterocycles. The molecule has 1 aromatic carbocycles. The molecule has 0 aliphatic heterocycles. The molecule has 0 spiro atoms. The maximum Gasteiger partial charge on any atom is 0.326 e. The van der Waals surface area contributed by atoms with Crippen molar-refractivity contribution in [3.05, 3.63) is 35.6 Å². The molecule has 4 N–H and O–H groups in total. The Labute approximate surface area is 108 Å². The fourth-order valence-corrected chi connectivity index (χ4v) is 1.42. The summed E-state index contributed by atoms with van der Waals surface area (Å²) in [6.07, 6.45) is -0.286. The zero-order valence-electron chi connectivity index (χ0n) is 9.93. The van der Waals surface area contributed by atoms with E-state index in [9.17, 15) is 18.8 Å². The molecule has 0 aliphatic carbocycles. The zero-order valence-corrected chi connectivity index (χ0v) is 9.93. The second kappa shape index (κ2) is 6.48. The van der Waals surface area contributed by atoms with Gasteiger partial charge < -0.3 is 16.2 Å². The van der Waals surface area contributed by atoms with E-state index >= 15 is 0 Å². The number of nitrogens with two attached hydrogens (primary N) is 1. The van der Waals surface area contributed by atoms with Crippen LogP contribution in [0, 0.1) is 5.82 Å². The van der Waals surface area contributed by atoms with Gasteiger partial charge in [-0.1, -0.05) is 6.07 Å². The van der Waals surface area contributed by atoms with E-state index in [1.165, 1.54) is 18.2 Å². The molecule has 0 saturated carbocycles. The number of carboxylic acids is 1. The van der Waals surface area contributed by atoms with Gasteiger partial charge >= 0.3 is 5.97 Å². The van der Waals surface area contributed by atoms with E-state index in [1.54, 1.807) is 0 Å². The van der Waals surface area contributed by atoms with Crippen molar-refractivity contribution in [1.29, 1.82) is 0 Å². The molecule has 1 rings (SSSR count). The van der Waals surface area contributed by atoms with Crippen molar-refractivity contribution >= 4 is 17.8 Å². The van der Waals surface area contributed by atoms with Gasteiger partial charge in [0.15, 0.2) is 0 Å². The summed E-state index contributed by atoms with van der Waals surface area (Å²) in [4.78, 5) is 33.2. The van der Waals surface area contributed by atoms with E-state index in [1.807, 2.05) is 0 Å². The molecule has 7 heteroatoms. The third-order valence-corrected chi connectivity index (χ3v) is 2.37. The number of carbonyl (C=O) groups excluding carboxylic acids is 2. The number of hydrogen-bond acceptors (Lipinski definition) is 3. The Bertz CT molecular complexity index is 504. The van der Waals surface area contributed by atoms with E-state index in [2.05, 4.69) is 5.32 Å². The summed E-state index contributed by atoms with van der Waals surface area (Å²) in [5.41, 5.74) is 4.91. The van der Waals surface area contributed by atoms with Crippen molar-refractivity contribution in [3.63, 3.8) is 0 Å².